The molecule has 2 N–H and O–H groups in total. The van der Waals surface area contributed by atoms with Gasteiger partial charge in [0.25, 0.3) is 5.91 Å². The fourth-order valence-electron chi connectivity index (χ4n) is 2.45. The number of benzene rings is 1. The molecule has 2 amide bonds. The summed E-state index contributed by atoms with van der Waals surface area (Å²) in [6, 6.07) is 8.97. The number of aromatic carboxylic acids is 1. The number of thioether (sulfide) groups is 1. The van der Waals surface area contributed by atoms with Crippen molar-refractivity contribution in [3.05, 3.63) is 57.1 Å². The standard InChI is InChI=1S/C18H14N2O4S3/c1-10(15(21)19-13-7-3-2-6-12(13)17(23)24)20-16(22)14(27-18(20)25)9-11-5-4-8-26-11/h2-10H,1H3,(H,19,21)(H,23,24)/b14-9+/t10-/m0/s1. The van der Waals surface area contributed by atoms with Gasteiger partial charge < -0.3 is 10.4 Å². The molecule has 1 aromatic heterocycles. The van der Waals surface area contributed by atoms with Crippen molar-refractivity contribution in [1.82, 2.24) is 4.90 Å². The Morgan fingerprint density at radius 2 is 2.00 bits per heavy atom. The van der Waals surface area contributed by atoms with Gasteiger partial charge in [-0.25, -0.2) is 4.79 Å². The van der Waals surface area contributed by atoms with Crippen LogP contribution in [-0.2, 0) is 9.59 Å². The van der Waals surface area contributed by atoms with Gasteiger partial charge in [0.05, 0.1) is 16.2 Å². The zero-order chi connectivity index (χ0) is 19.6. The highest BCUT2D eigenvalue weighted by Gasteiger charge is 2.38. The molecule has 27 heavy (non-hydrogen) atoms. The van der Waals surface area contributed by atoms with Gasteiger partial charge in [0.1, 0.15) is 10.4 Å². The van der Waals surface area contributed by atoms with Gasteiger partial charge in [0, 0.05) is 4.88 Å². The first-order chi connectivity index (χ1) is 12.9. The van der Waals surface area contributed by atoms with Gasteiger partial charge in [-0.3, -0.25) is 14.5 Å². The van der Waals surface area contributed by atoms with E-state index in [-0.39, 0.29) is 21.5 Å². The number of rotatable bonds is 5. The van der Waals surface area contributed by atoms with Crippen molar-refractivity contribution in [1.29, 1.82) is 0 Å². The first-order valence-corrected chi connectivity index (χ1v) is 9.92. The molecule has 0 unspecified atom stereocenters. The predicted octanol–water partition coefficient (Wildman–Crippen LogP) is 3.67. The third kappa shape index (κ3) is 4.10. The summed E-state index contributed by atoms with van der Waals surface area (Å²) in [4.78, 5) is 39.2. The largest absolute Gasteiger partial charge is 0.478 e. The molecule has 0 aliphatic carbocycles. The van der Waals surface area contributed by atoms with Crippen molar-refractivity contribution in [2.24, 2.45) is 0 Å². The number of carboxylic acid groups (broad SMARTS) is 1. The van der Waals surface area contributed by atoms with E-state index in [0.717, 1.165) is 16.6 Å². The Hall–Kier alpha value is -2.49. The van der Waals surface area contributed by atoms with E-state index in [9.17, 15) is 19.5 Å². The number of hydrogen-bond acceptors (Lipinski definition) is 6. The average molecular weight is 419 g/mol. The van der Waals surface area contributed by atoms with Crippen molar-refractivity contribution in [2.45, 2.75) is 13.0 Å². The lowest BCUT2D eigenvalue weighted by Crippen LogP contribution is -2.44. The minimum absolute atomic E-state index is 0.0268. The highest BCUT2D eigenvalue weighted by Crippen LogP contribution is 2.34. The second kappa shape index (κ2) is 8.03. The molecule has 1 atom stereocenters. The molecule has 0 spiro atoms. The van der Waals surface area contributed by atoms with Crippen LogP contribution in [0.2, 0.25) is 0 Å². The minimum Gasteiger partial charge on any atom is -0.478 e. The zero-order valence-corrected chi connectivity index (χ0v) is 16.5. The summed E-state index contributed by atoms with van der Waals surface area (Å²) in [7, 11) is 0. The predicted molar refractivity (Wildman–Crippen MR) is 111 cm³/mol. The van der Waals surface area contributed by atoms with Crippen LogP contribution in [-0.4, -0.2) is 38.2 Å². The molecule has 2 heterocycles. The number of para-hydroxylation sites is 1. The van der Waals surface area contributed by atoms with Gasteiger partial charge in [-0.15, -0.1) is 11.3 Å². The van der Waals surface area contributed by atoms with Crippen LogP contribution in [0.4, 0.5) is 5.69 Å². The maximum atomic E-state index is 12.7. The van der Waals surface area contributed by atoms with Crippen LogP contribution in [0, 0.1) is 0 Å². The lowest BCUT2D eigenvalue weighted by atomic mass is 10.1. The average Bonchev–Trinajstić information content (AvgIpc) is 3.23. The summed E-state index contributed by atoms with van der Waals surface area (Å²) in [6.45, 7) is 1.55. The molecule has 1 saturated heterocycles. The Morgan fingerprint density at radius 1 is 1.26 bits per heavy atom. The Balaban J connectivity index is 1.78. The van der Waals surface area contributed by atoms with Crippen LogP contribution in [0.3, 0.4) is 0 Å². The second-order valence-corrected chi connectivity index (χ2v) is 8.24. The zero-order valence-electron chi connectivity index (χ0n) is 14.0. The number of thiocarbonyl (C=S) groups is 1. The highest BCUT2D eigenvalue weighted by molar-refractivity contribution is 8.26. The molecular weight excluding hydrogens is 404 g/mol. The summed E-state index contributed by atoms with van der Waals surface area (Å²) in [5, 5.41) is 13.7. The van der Waals surface area contributed by atoms with Crippen LogP contribution in [0.1, 0.15) is 22.2 Å². The molecule has 138 valence electrons. The van der Waals surface area contributed by atoms with E-state index in [1.165, 1.54) is 28.4 Å². The maximum absolute atomic E-state index is 12.7. The van der Waals surface area contributed by atoms with Crippen molar-refractivity contribution in [3.63, 3.8) is 0 Å². The topological polar surface area (TPSA) is 86.7 Å². The normalized spacial score (nSPS) is 16.6. The van der Waals surface area contributed by atoms with Gasteiger partial charge in [-0.05, 0) is 36.6 Å². The van der Waals surface area contributed by atoms with E-state index in [2.05, 4.69) is 5.32 Å². The molecule has 2 aromatic rings. The lowest BCUT2D eigenvalue weighted by Gasteiger charge is -2.22. The number of carboxylic acids is 1. The monoisotopic (exact) mass is 418 g/mol. The number of nitrogens with one attached hydrogen (secondary N) is 1. The van der Waals surface area contributed by atoms with Crippen molar-refractivity contribution in [2.75, 3.05) is 5.32 Å². The van der Waals surface area contributed by atoms with Gasteiger partial charge in [0.15, 0.2) is 0 Å². The Morgan fingerprint density at radius 3 is 2.67 bits per heavy atom. The van der Waals surface area contributed by atoms with Crippen LogP contribution < -0.4 is 5.32 Å². The number of carbonyl (C=O) groups excluding carboxylic acids is 2. The summed E-state index contributed by atoms with van der Waals surface area (Å²) in [5.41, 5.74) is 0.141. The maximum Gasteiger partial charge on any atom is 0.337 e. The number of anilines is 1. The van der Waals surface area contributed by atoms with E-state index < -0.39 is 17.9 Å². The van der Waals surface area contributed by atoms with Crippen molar-refractivity contribution < 1.29 is 19.5 Å². The Labute approximate surface area is 168 Å². The molecule has 0 saturated carbocycles. The van der Waals surface area contributed by atoms with E-state index in [1.54, 1.807) is 25.1 Å². The first-order valence-electron chi connectivity index (χ1n) is 7.82. The summed E-state index contributed by atoms with van der Waals surface area (Å²) >= 11 is 7.91. The molecule has 6 nitrogen and oxygen atoms in total. The Bertz CT molecular complexity index is 953. The molecule has 1 aromatic carbocycles. The molecule has 0 radical (unpaired) electrons. The molecule has 3 rings (SSSR count). The Kier molecular flexibility index (Phi) is 5.73. The molecule has 9 heteroatoms. The van der Waals surface area contributed by atoms with Crippen LogP contribution in [0.25, 0.3) is 6.08 Å². The molecule has 0 bridgehead atoms. The molecular formula is C18H14N2O4S3. The lowest BCUT2D eigenvalue weighted by molar-refractivity contribution is -0.129. The summed E-state index contributed by atoms with van der Waals surface area (Å²) in [5.74, 6) is -2.01. The molecule has 1 aliphatic heterocycles. The number of carbonyl (C=O) groups is 3. The third-order valence-corrected chi connectivity index (χ3v) is 5.97. The fraction of sp³-hybridized carbons (Fsp3) is 0.111. The van der Waals surface area contributed by atoms with Crippen LogP contribution in [0.15, 0.2) is 46.7 Å². The molecule has 1 aliphatic rings. The first kappa shape index (κ1) is 19.3. The van der Waals surface area contributed by atoms with E-state index in [4.69, 9.17) is 12.2 Å². The third-order valence-electron chi connectivity index (χ3n) is 3.82. The van der Waals surface area contributed by atoms with Crippen LogP contribution in [0.5, 0.6) is 0 Å². The number of hydrogen-bond donors (Lipinski definition) is 2. The van der Waals surface area contributed by atoms with Crippen molar-refractivity contribution >= 4 is 69.2 Å². The highest BCUT2D eigenvalue weighted by atomic mass is 32.2. The van der Waals surface area contributed by atoms with Gasteiger partial charge in [-0.1, -0.05) is 42.2 Å². The summed E-state index contributed by atoms with van der Waals surface area (Å²) in [6.07, 6.45) is 1.74. The SMILES string of the molecule is C[C@@H](C(=O)Nc1ccccc1C(=O)O)N1C(=O)/C(=C\c2cccs2)SC1=S. The van der Waals surface area contributed by atoms with Gasteiger partial charge >= 0.3 is 5.97 Å². The number of thiophene rings is 1. The van der Waals surface area contributed by atoms with E-state index in [1.807, 2.05) is 17.5 Å². The van der Waals surface area contributed by atoms with Gasteiger partial charge in [0.2, 0.25) is 5.91 Å². The van der Waals surface area contributed by atoms with Gasteiger partial charge in [-0.2, -0.15) is 0 Å². The van der Waals surface area contributed by atoms with E-state index in [0.29, 0.717) is 4.91 Å². The van der Waals surface area contributed by atoms with E-state index >= 15 is 0 Å². The summed E-state index contributed by atoms with van der Waals surface area (Å²) < 4.78 is 0.289. The fourth-order valence-corrected chi connectivity index (χ4v) is 4.59. The van der Waals surface area contributed by atoms with Crippen molar-refractivity contribution in [3.8, 4) is 0 Å². The smallest absolute Gasteiger partial charge is 0.337 e. The number of nitrogens with zero attached hydrogens (tertiary/aromatic N) is 1. The molecule has 1 fully saturated rings. The second-order valence-electron chi connectivity index (χ2n) is 5.58. The number of amides is 2. The minimum atomic E-state index is -1.15. The van der Waals surface area contributed by atoms with Crippen LogP contribution >= 0.6 is 35.3 Å². The quantitative estimate of drug-likeness (QED) is 0.569.